The summed E-state index contributed by atoms with van der Waals surface area (Å²) in [6.45, 7) is 5.89. The van der Waals surface area contributed by atoms with Gasteiger partial charge in [-0.2, -0.15) is 0 Å². The van der Waals surface area contributed by atoms with Gasteiger partial charge in [0, 0.05) is 87.6 Å². The zero-order valence-electron chi connectivity index (χ0n) is 19.3. The molecule has 0 unspecified atom stereocenters. The van der Waals surface area contributed by atoms with Crippen molar-refractivity contribution in [3.63, 3.8) is 0 Å². The van der Waals surface area contributed by atoms with Crippen LogP contribution >= 0.6 is 0 Å². The lowest BCUT2D eigenvalue weighted by Crippen LogP contribution is -2.45. The summed E-state index contributed by atoms with van der Waals surface area (Å²) in [6.07, 6.45) is 1.86. The van der Waals surface area contributed by atoms with Crippen molar-refractivity contribution in [2.75, 3.05) is 88.6 Å². The van der Waals surface area contributed by atoms with Gasteiger partial charge in [0.15, 0.2) is 0 Å². The van der Waals surface area contributed by atoms with Crippen LogP contribution in [0, 0.1) is 0 Å². The van der Waals surface area contributed by atoms with Crippen LogP contribution in [0.15, 0.2) is 0 Å². The average Bonchev–Trinajstić information content (AvgIpc) is 2.77. The molecule has 0 aliphatic carbocycles. The SMILES string of the molecule is CO[Si](CCCNCN(CCC[Si](OC)(OC)OC)CCNCCN)(OC)OC. The van der Waals surface area contributed by atoms with Gasteiger partial charge in [0.25, 0.3) is 0 Å². The molecule has 10 nitrogen and oxygen atoms in total. The highest BCUT2D eigenvalue weighted by Gasteiger charge is 2.37. The Hall–Kier alpha value is 0.0338. The largest absolute Gasteiger partial charge is 0.500 e. The molecule has 0 aromatic carbocycles. The third kappa shape index (κ3) is 11.9. The van der Waals surface area contributed by atoms with E-state index in [-0.39, 0.29) is 0 Å². The second-order valence-corrected chi connectivity index (χ2v) is 12.8. The second kappa shape index (κ2) is 17.7. The summed E-state index contributed by atoms with van der Waals surface area (Å²) >= 11 is 0. The molecule has 0 heterocycles. The van der Waals surface area contributed by atoms with Crippen LogP contribution in [0.4, 0.5) is 0 Å². The van der Waals surface area contributed by atoms with Crippen molar-refractivity contribution in [1.29, 1.82) is 0 Å². The van der Waals surface area contributed by atoms with Crippen LogP contribution in [0.3, 0.4) is 0 Å². The van der Waals surface area contributed by atoms with Gasteiger partial charge in [0.2, 0.25) is 0 Å². The van der Waals surface area contributed by atoms with Crippen LogP contribution in [0.25, 0.3) is 0 Å². The van der Waals surface area contributed by atoms with E-state index in [2.05, 4.69) is 15.5 Å². The van der Waals surface area contributed by atoms with Crippen LogP contribution in [0.1, 0.15) is 12.8 Å². The van der Waals surface area contributed by atoms with Crippen LogP contribution in [0.5, 0.6) is 0 Å². The number of nitrogens with zero attached hydrogens (tertiary/aromatic N) is 1. The molecule has 0 aromatic heterocycles. The lowest BCUT2D eigenvalue weighted by atomic mass is 10.4. The molecule has 0 aliphatic heterocycles. The molecule has 0 spiro atoms. The van der Waals surface area contributed by atoms with Gasteiger partial charge in [-0.3, -0.25) is 4.90 Å². The highest BCUT2D eigenvalue weighted by Crippen LogP contribution is 2.16. The molecule has 29 heavy (non-hydrogen) atoms. The Morgan fingerprint density at radius 1 is 0.655 bits per heavy atom. The molecule has 4 N–H and O–H groups in total. The minimum Gasteiger partial charge on any atom is -0.377 e. The van der Waals surface area contributed by atoms with E-state index in [0.29, 0.717) is 6.54 Å². The highest BCUT2D eigenvalue weighted by molar-refractivity contribution is 6.60. The number of hydrogen-bond acceptors (Lipinski definition) is 10. The minimum atomic E-state index is -2.52. The van der Waals surface area contributed by atoms with Crippen molar-refractivity contribution < 1.29 is 26.6 Å². The van der Waals surface area contributed by atoms with Crippen molar-refractivity contribution in [3.05, 3.63) is 0 Å². The van der Waals surface area contributed by atoms with E-state index in [1.54, 1.807) is 42.7 Å². The van der Waals surface area contributed by atoms with Crippen LogP contribution in [0.2, 0.25) is 12.1 Å². The molecule has 0 aliphatic rings. The topological polar surface area (TPSA) is 109 Å². The van der Waals surface area contributed by atoms with Crippen molar-refractivity contribution in [2.24, 2.45) is 5.73 Å². The van der Waals surface area contributed by atoms with E-state index in [9.17, 15) is 0 Å². The Kier molecular flexibility index (Phi) is 17.7. The summed E-state index contributed by atoms with van der Waals surface area (Å²) in [5.74, 6) is 0. The molecule has 0 aromatic rings. The van der Waals surface area contributed by atoms with Gasteiger partial charge in [-0.05, 0) is 25.9 Å². The van der Waals surface area contributed by atoms with Gasteiger partial charge in [0.05, 0.1) is 0 Å². The molecular formula is C17H44N4O6Si2. The maximum absolute atomic E-state index is 5.55. The Balaban J connectivity index is 4.38. The molecule has 0 rings (SSSR count). The minimum absolute atomic E-state index is 0.645. The first-order valence-corrected chi connectivity index (χ1v) is 14.0. The van der Waals surface area contributed by atoms with Gasteiger partial charge in [0.1, 0.15) is 0 Å². The van der Waals surface area contributed by atoms with Gasteiger partial charge < -0.3 is 42.9 Å². The molecule has 12 heteroatoms. The first-order valence-electron chi connectivity index (χ1n) is 10.2. The van der Waals surface area contributed by atoms with Gasteiger partial charge in [-0.25, -0.2) is 0 Å². The summed E-state index contributed by atoms with van der Waals surface area (Å²) in [6, 6.07) is 1.57. The third-order valence-corrected chi connectivity index (χ3v) is 10.6. The number of hydrogen-bond donors (Lipinski definition) is 3. The maximum Gasteiger partial charge on any atom is 0.500 e. The molecule has 0 saturated heterocycles. The summed E-state index contributed by atoms with van der Waals surface area (Å²) in [5, 5.41) is 6.85. The van der Waals surface area contributed by atoms with Crippen LogP contribution in [-0.4, -0.2) is 111 Å². The van der Waals surface area contributed by atoms with E-state index in [0.717, 1.165) is 64.3 Å². The van der Waals surface area contributed by atoms with Crippen molar-refractivity contribution in [3.8, 4) is 0 Å². The Morgan fingerprint density at radius 2 is 1.17 bits per heavy atom. The molecular weight excluding hydrogens is 412 g/mol. The Bertz CT molecular complexity index is 363. The normalized spacial score (nSPS) is 12.8. The van der Waals surface area contributed by atoms with Gasteiger partial charge in [-0.15, -0.1) is 0 Å². The lowest BCUT2D eigenvalue weighted by Gasteiger charge is -2.27. The van der Waals surface area contributed by atoms with E-state index in [1.807, 2.05) is 0 Å². The van der Waals surface area contributed by atoms with Gasteiger partial charge in [-0.1, -0.05) is 0 Å². The van der Waals surface area contributed by atoms with Crippen LogP contribution < -0.4 is 16.4 Å². The fraction of sp³-hybridized carbons (Fsp3) is 1.00. The lowest BCUT2D eigenvalue weighted by molar-refractivity contribution is 0.121. The second-order valence-electron chi connectivity index (χ2n) is 6.61. The van der Waals surface area contributed by atoms with Crippen molar-refractivity contribution in [2.45, 2.75) is 24.9 Å². The summed E-state index contributed by atoms with van der Waals surface area (Å²) in [7, 11) is 4.88. The standard InChI is InChI=1S/C17H44N4O6Si2/c1-22-28(23-2,24-3)15-7-10-20-17-21(14-12-19-11-9-18)13-8-16-29(25-4,26-5)27-6/h19-20H,7-18H2,1-6H3. The molecule has 0 saturated carbocycles. The maximum atomic E-state index is 5.55. The Morgan fingerprint density at radius 3 is 1.66 bits per heavy atom. The molecule has 0 bridgehead atoms. The van der Waals surface area contributed by atoms with Crippen molar-refractivity contribution >= 4 is 17.6 Å². The first kappa shape index (κ1) is 29.0. The van der Waals surface area contributed by atoms with E-state index in [1.165, 1.54) is 0 Å². The molecule has 176 valence electrons. The Labute approximate surface area is 179 Å². The molecule has 0 fully saturated rings. The van der Waals surface area contributed by atoms with E-state index in [4.69, 9.17) is 32.3 Å². The zero-order chi connectivity index (χ0) is 22.0. The molecule has 0 atom stereocenters. The monoisotopic (exact) mass is 456 g/mol. The summed E-state index contributed by atoms with van der Waals surface area (Å²) in [5.41, 5.74) is 5.55. The fourth-order valence-electron chi connectivity index (χ4n) is 3.03. The smallest absolute Gasteiger partial charge is 0.377 e. The molecule has 0 amide bonds. The summed E-state index contributed by atoms with van der Waals surface area (Å²) in [4.78, 5) is 2.37. The first-order chi connectivity index (χ1) is 14.0. The number of rotatable bonds is 21. The summed E-state index contributed by atoms with van der Waals surface area (Å²) < 4.78 is 32.9. The highest BCUT2D eigenvalue weighted by atomic mass is 28.4. The molecule has 0 radical (unpaired) electrons. The van der Waals surface area contributed by atoms with E-state index >= 15 is 0 Å². The van der Waals surface area contributed by atoms with E-state index < -0.39 is 17.6 Å². The third-order valence-electron chi connectivity index (χ3n) is 4.92. The fourth-order valence-corrected chi connectivity index (χ4v) is 6.46. The predicted molar refractivity (Wildman–Crippen MR) is 119 cm³/mol. The zero-order valence-corrected chi connectivity index (χ0v) is 21.3. The van der Waals surface area contributed by atoms with Gasteiger partial charge >= 0.3 is 17.6 Å². The van der Waals surface area contributed by atoms with Crippen LogP contribution in [-0.2, 0) is 26.6 Å². The quantitative estimate of drug-likeness (QED) is 0.123. The average molecular weight is 457 g/mol. The number of nitrogens with one attached hydrogen (secondary N) is 2. The predicted octanol–water partition coefficient (Wildman–Crippen LogP) is -0.0798. The van der Waals surface area contributed by atoms with Crippen molar-refractivity contribution in [1.82, 2.24) is 15.5 Å². The number of nitrogens with two attached hydrogens (primary N) is 1.